The van der Waals surface area contributed by atoms with Crippen LogP contribution in [0.3, 0.4) is 0 Å². The minimum absolute atomic E-state index is 0.0500. The molecule has 0 radical (unpaired) electrons. The van der Waals surface area contributed by atoms with Crippen molar-refractivity contribution in [3.05, 3.63) is 47.0 Å². The summed E-state index contributed by atoms with van der Waals surface area (Å²) in [6.45, 7) is 2.74. The number of hydrogen-bond donors (Lipinski definition) is 1. The number of halogens is 1. The van der Waals surface area contributed by atoms with Gasteiger partial charge in [0.15, 0.2) is 0 Å². The number of aryl methyl sites for hydroxylation is 1. The molecule has 1 N–H and O–H groups in total. The summed E-state index contributed by atoms with van der Waals surface area (Å²) in [5.74, 6) is 0.703. The van der Waals surface area contributed by atoms with Crippen LogP contribution in [0.1, 0.15) is 30.0 Å². The molecular weight excluding hydrogens is 217 g/mol. The summed E-state index contributed by atoms with van der Waals surface area (Å²) in [4.78, 5) is 0. The highest BCUT2D eigenvalue weighted by Gasteiger charge is 2.20. The summed E-state index contributed by atoms with van der Waals surface area (Å²) >= 11 is 0. The van der Waals surface area contributed by atoms with E-state index >= 15 is 0 Å². The van der Waals surface area contributed by atoms with Gasteiger partial charge < -0.3 is 10.1 Å². The number of allylic oxidation sites excluding steroid dienone is 1. The number of ether oxygens (including phenoxy) is 1. The maximum atomic E-state index is 13.3. The van der Waals surface area contributed by atoms with E-state index in [1.807, 2.05) is 14.0 Å². The molecule has 1 aliphatic rings. The van der Waals surface area contributed by atoms with Crippen molar-refractivity contribution in [2.45, 2.75) is 25.8 Å². The Morgan fingerprint density at radius 2 is 2.24 bits per heavy atom. The molecular formula is C14H18FNO. The molecule has 0 saturated heterocycles. The summed E-state index contributed by atoms with van der Waals surface area (Å²) in [5.41, 5.74) is 2.02. The zero-order valence-corrected chi connectivity index (χ0v) is 10.3. The summed E-state index contributed by atoms with van der Waals surface area (Å²) in [7, 11) is 1.87. The lowest BCUT2D eigenvalue weighted by Crippen LogP contribution is -2.23. The van der Waals surface area contributed by atoms with Crippen LogP contribution >= 0.6 is 0 Å². The lowest BCUT2D eigenvalue weighted by molar-refractivity contribution is 0.169. The van der Waals surface area contributed by atoms with Crippen LogP contribution in [-0.4, -0.2) is 13.7 Å². The van der Waals surface area contributed by atoms with Crippen LogP contribution in [0.4, 0.5) is 4.39 Å². The van der Waals surface area contributed by atoms with Crippen LogP contribution in [0.5, 0.6) is 0 Å². The van der Waals surface area contributed by atoms with Crippen molar-refractivity contribution in [1.29, 1.82) is 0 Å². The maximum absolute atomic E-state index is 13.3. The van der Waals surface area contributed by atoms with Crippen LogP contribution in [0, 0.1) is 12.7 Å². The smallest absolute Gasteiger partial charge is 0.123 e. The molecule has 1 aromatic carbocycles. The first-order valence-electron chi connectivity index (χ1n) is 5.98. The van der Waals surface area contributed by atoms with Gasteiger partial charge in [0.05, 0.1) is 12.6 Å². The Hall–Kier alpha value is -1.35. The van der Waals surface area contributed by atoms with Gasteiger partial charge in [0.25, 0.3) is 0 Å². The van der Waals surface area contributed by atoms with Crippen molar-refractivity contribution in [1.82, 2.24) is 5.32 Å². The third kappa shape index (κ3) is 2.67. The van der Waals surface area contributed by atoms with Crippen LogP contribution in [0.15, 0.2) is 30.0 Å². The molecule has 17 heavy (non-hydrogen) atoms. The van der Waals surface area contributed by atoms with E-state index in [2.05, 4.69) is 11.4 Å². The first-order chi connectivity index (χ1) is 8.22. The predicted molar refractivity (Wildman–Crippen MR) is 66.2 cm³/mol. The molecule has 1 aromatic rings. The van der Waals surface area contributed by atoms with Crippen LogP contribution in [0.2, 0.25) is 0 Å². The van der Waals surface area contributed by atoms with Gasteiger partial charge >= 0.3 is 0 Å². The fraction of sp³-hybridized carbons (Fsp3) is 0.429. The fourth-order valence-electron chi connectivity index (χ4n) is 2.15. The van der Waals surface area contributed by atoms with Gasteiger partial charge in [-0.25, -0.2) is 4.39 Å². The van der Waals surface area contributed by atoms with Crippen LogP contribution in [0.25, 0.3) is 0 Å². The van der Waals surface area contributed by atoms with E-state index in [-0.39, 0.29) is 11.9 Å². The summed E-state index contributed by atoms with van der Waals surface area (Å²) < 4.78 is 19.0. The first-order valence-corrected chi connectivity index (χ1v) is 5.98. The van der Waals surface area contributed by atoms with Gasteiger partial charge in [0.2, 0.25) is 0 Å². The molecule has 1 atom stereocenters. The van der Waals surface area contributed by atoms with E-state index in [0.717, 1.165) is 36.3 Å². The van der Waals surface area contributed by atoms with Gasteiger partial charge in [-0.2, -0.15) is 0 Å². The molecule has 0 amide bonds. The van der Waals surface area contributed by atoms with Gasteiger partial charge in [0.1, 0.15) is 11.6 Å². The molecule has 2 nitrogen and oxygen atoms in total. The summed E-state index contributed by atoms with van der Waals surface area (Å²) in [6.07, 6.45) is 4.18. The van der Waals surface area contributed by atoms with Crippen molar-refractivity contribution in [3.63, 3.8) is 0 Å². The SMILES string of the molecule is CNC(C1=CCCCO1)c1cc(F)ccc1C. The summed E-state index contributed by atoms with van der Waals surface area (Å²) in [6, 6.07) is 4.82. The van der Waals surface area contributed by atoms with Gasteiger partial charge in [-0.05, 0) is 56.1 Å². The van der Waals surface area contributed by atoms with Crippen LogP contribution < -0.4 is 5.32 Å². The average molecular weight is 235 g/mol. The van der Waals surface area contributed by atoms with Gasteiger partial charge in [-0.1, -0.05) is 6.07 Å². The van der Waals surface area contributed by atoms with Crippen molar-refractivity contribution in [2.24, 2.45) is 0 Å². The second kappa shape index (κ2) is 5.32. The lowest BCUT2D eigenvalue weighted by Gasteiger charge is -2.25. The highest BCUT2D eigenvalue weighted by Crippen LogP contribution is 2.28. The Bertz CT molecular complexity index is 428. The molecule has 0 spiro atoms. The highest BCUT2D eigenvalue weighted by molar-refractivity contribution is 5.34. The molecule has 3 heteroatoms. The second-order valence-electron chi connectivity index (χ2n) is 4.32. The Kier molecular flexibility index (Phi) is 3.79. The third-order valence-corrected chi connectivity index (χ3v) is 3.09. The minimum Gasteiger partial charge on any atom is -0.496 e. The van der Waals surface area contributed by atoms with Crippen molar-refractivity contribution in [2.75, 3.05) is 13.7 Å². The molecule has 1 unspecified atom stereocenters. The molecule has 0 bridgehead atoms. The normalized spacial score (nSPS) is 17.2. The van der Waals surface area contributed by atoms with Gasteiger partial charge in [-0.3, -0.25) is 0 Å². The van der Waals surface area contributed by atoms with Crippen LogP contribution in [-0.2, 0) is 4.74 Å². The predicted octanol–water partition coefficient (Wildman–Crippen LogP) is 3.09. The largest absolute Gasteiger partial charge is 0.496 e. The molecule has 0 saturated carbocycles. The number of rotatable bonds is 3. The minimum atomic E-state index is -0.206. The van der Waals surface area contributed by atoms with Gasteiger partial charge in [-0.15, -0.1) is 0 Å². The van der Waals surface area contributed by atoms with E-state index in [1.54, 1.807) is 12.1 Å². The molecule has 2 rings (SSSR count). The van der Waals surface area contributed by atoms with E-state index in [9.17, 15) is 4.39 Å². The van der Waals surface area contributed by atoms with E-state index in [0.29, 0.717) is 0 Å². The molecule has 0 aromatic heterocycles. The zero-order valence-electron chi connectivity index (χ0n) is 10.3. The van der Waals surface area contributed by atoms with Crippen molar-refractivity contribution < 1.29 is 9.13 Å². The number of benzene rings is 1. The average Bonchev–Trinajstić information content (AvgIpc) is 2.36. The van der Waals surface area contributed by atoms with E-state index in [4.69, 9.17) is 4.74 Å². The quantitative estimate of drug-likeness (QED) is 0.869. The Balaban J connectivity index is 2.34. The second-order valence-corrected chi connectivity index (χ2v) is 4.32. The maximum Gasteiger partial charge on any atom is 0.123 e. The summed E-state index contributed by atoms with van der Waals surface area (Å²) in [5, 5.41) is 3.20. The number of likely N-dealkylation sites (N-methyl/N-ethyl adjacent to an activating group) is 1. The Labute approximate surface area is 101 Å². The zero-order chi connectivity index (χ0) is 12.3. The molecule has 1 aliphatic heterocycles. The van der Waals surface area contributed by atoms with E-state index in [1.165, 1.54) is 6.07 Å². The molecule has 0 aliphatic carbocycles. The molecule has 1 heterocycles. The number of hydrogen-bond acceptors (Lipinski definition) is 2. The Morgan fingerprint density at radius 1 is 1.41 bits per heavy atom. The lowest BCUT2D eigenvalue weighted by atomic mass is 9.98. The van der Waals surface area contributed by atoms with Gasteiger partial charge in [0, 0.05) is 0 Å². The topological polar surface area (TPSA) is 21.3 Å². The monoisotopic (exact) mass is 235 g/mol. The standard InChI is InChI=1S/C14H18FNO/c1-10-6-7-11(15)9-12(10)14(16-2)13-5-3-4-8-17-13/h5-7,9,14,16H,3-4,8H2,1-2H3. The number of nitrogens with one attached hydrogen (secondary N) is 1. The Morgan fingerprint density at radius 3 is 2.88 bits per heavy atom. The molecule has 92 valence electrons. The highest BCUT2D eigenvalue weighted by atomic mass is 19.1. The first kappa shape index (κ1) is 12.1. The van der Waals surface area contributed by atoms with E-state index < -0.39 is 0 Å². The third-order valence-electron chi connectivity index (χ3n) is 3.09. The fourth-order valence-corrected chi connectivity index (χ4v) is 2.15. The molecule has 0 fully saturated rings. The van der Waals surface area contributed by atoms with Crippen molar-refractivity contribution >= 4 is 0 Å². The van der Waals surface area contributed by atoms with Crippen molar-refractivity contribution in [3.8, 4) is 0 Å².